The molecule has 3 nitrogen and oxygen atoms in total. The van der Waals surface area contributed by atoms with Crippen LogP contribution in [0, 0.1) is 6.92 Å². The third kappa shape index (κ3) is 1.68. The highest BCUT2D eigenvalue weighted by Crippen LogP contribution is 2.22. The van der Waals surface area contributed by atoms with Crippen molar-refractivity contribution in [3.8, 4) is 11.4 Å². The summed E-state index contributed by atoms with van der Waals surface area (Å²) in [5.41, 5.74) is 2.92. The van der Waals surface area contributed by atoms with E-state index in [2.05, 4.69) is 29.3 Å². The van der Waals surface area contributed by atoms with Crippen LogP contribution < -0.4 is 0 Å². The van der Waals surface area contributed by atoms with Gasteiger partial charge in [-0.1, -0.05) is 35.4 Å². The van der Waals surface area contributed by atoms with Gasteiger partial charge >= 0.3 is 0 Å². The second-order valence-electron chi connectivity index (χ2n) is 3.94. The van der Waals surface area contributed by atoms with E-state index in [9.17, 15) is 0 Å². The molecule has 1 aromatic carbocycles. The van der Waals surface area contributed by atoms with Crippen LogP contribution in [0.5, 0.6) is 0 Å². The predicted molar refractivity (Wildman–Crippen MR) is 68.2 cm³/mol. The summed E-state index contributed by atoms with van der Waals surface area (Å²) in [4.78, 5) is 0. The fourth-order valence-electron chi connectivity index (χ4n) is 1.86. The van der Waals surface area contributed by atoms with E-state index in [4.69, 9.17) is 11.6 Å². The highest BCUT2D eigenvalue weighted by Gasteiger charge is 2.09. The molecule has 17 heavy (non-hydrogen) atoms. The van der Waals surface area contributed by atoms with Crippen molar-refractivity contribution < 1.29 is 0 Å². The number of hydrogen-bond donors (Lipinski definition) is 0. The van der Waals surface area contributed by atoms with Gasteiger partial charge in [-0.25, -0.2) is 0 Å². The summed E-state index contributed by atoms with van der Waals surface area (Å²) in [7, 11) is 0. The van der Waals surface area contributed by atoms with E-state index in [1.165, 1.54) is 5.56 Å². The van der Waals surface area contributed by atoms with Crippen molar-refractivity contribution in [1.82, 2.24) is 14.6 Å². The van der Waals surface area contributed by atoms with E-state index in [1.807, 2.05) is 34.9 Å². The second-order valence-corrected chi connectivity index (χ2v) is 4.35. The van der Waals surface area contributed by atoms with Crippen LogP contribution in [-0.2, 0) is 0 Å². The van der Waals surface area contributed by atoms with Crippen molar-refractivity contribution in [3.63, 3.8) is 0 Å². The van der Waals surface area contributed by atoms with Crippen molar-refractivity contribution in [2.75, 3.05) is 0 Å². The molecule has 0 aliphatic heterocycles. The molecule has 0 N–H and O–H groups in total. The molecule has 0 saturated heterocycles. The zero-order valence-electron chi connectivity index (χ0n) is 9.26. The van der Waals surface area contributed by atoms with Gasteiger partial charge in [0.2, 0.25) is 0 Å². The normalized spacial score (nSPS) is 10.9. The van der Waals surface area contributed by atoms with Gasteiger partial charge in [0, 0.05) is 11.8 Å². The first-order valence-electron chi connectivity index (χ1n) is 5.32. The molecule has 3 aromatic rings. The lowest BCUT2D eigenvalue weighted by Gasteiger charge is -2.01. The van der Waals surface area contributed by atoms with Crippen LogP contribution in [0.4, 0.5) is 0 Å². The Bertz CT molecular complexity index is 688. The lowest BCUT2D eigenvalue weighted by Crippen LogP contribution is -1.89. The van der Waals surface area contributed by atoms with Crippen LogP contribution in [0.3, 0.4) is 0 Å². The van der Waals surface area contributed by atoms with Crippen LogP contribution in [0.25, 0.3) is 17.0 Å². The zero-order chi connectivity index (χ0) is 11.8. The molecule has 4 heteroatoms. The Balaban J connectivity index is 2.28. The van der Waals surface area contributed by atoms with Crippen LogP contribution in [0.15, 0.2) is 42.6 Å². The van der Waals surface area contributed by atoms with Gasteiger partial charge in [-0.05, 0) is 25.1 Å². The van der Waals surface area contributed by atoms with Gasteiger partial charge in [-0.15, -0.1) is 10.2 Å². The van der Waals surface area contributed by atoms with Crippen molar-refractivity contribution >= 4 is 17.2 Å². The van der Waals surface area contributed by atoms with Crippen LogP contribution in [0.2, 0.25) is 5.02 Å². The van der Waals surface area contributed by atoms with E-state index in [1.54, 1.807) is 0 Å². The van der Waals surface area contributed by atoms with Crippen LogP contribution in [0.1, 0.15) is 5.56 Å². The standard InChI is InChI=1S/C13H10ClN3/c1-9-4-2-5-10(8-9)12-15-16-13-11(14)6-3-7-17(12)13/h2-8H,1H3. The molecule has 0 aliphatic rings. The smallest absolute Gasteiger partial charge is 0.179 e. The lowest BCUT2D eigenvalue weighted by atomic mass is 10.1. The number of nitrogens with zero attached hydrogens (tertiary/aromatic N) is 3. The maximum absolute atomic E-state index is 6.07. The SMILES string of the molecule is Cc1cccc(-c2nnc3c(Cl)cccn23)c1. The first kappa shape index (κ1) is 10.3. The number of hydrogen-bond acceptors (Lipinski definition) is 2. The Labute approximate surface area is 104 Å². The van der Waals surface area contributed by atoms with E-state index < -0.39 is 0 Å². The van der Waals surface area contributed by atoms with E-state index >= 15 is 0 Å². The van der Waals surface area contributed by atoms with Crippen molar-refractivity contribution in [3.05, 3.63) is 53.2 Å². The maximum Gasteiger partial charge on any atom is 0.179 e. The average Bonchev–Trinajstić information content (AvgIpc) is 2.74. The molecule has 0 fully saturated rings. The highest BCUT2D eigenvalue weighted by atomic mass is 35.5. The fraction of sp³-hybridized carbons (Fsp3) is 0.0769. The number of halogens is 1. The quantitative estimate of drug-likeness (QED) is 0.656. The summed E-state index contributed by atoms with van der Waals surface area (Å²) in [6.45, 7) is 2.06. The van der Waals surface area contributed by atoms with Crippen LogP contribution in [-0.4, -0.2) is 14.6 Å². The monoisotopic (exact) mass is 243 g/mol. The van der Waals surface area contributed by atoms with E-state index in [0.717, 1.165) is 11.4 Å². The zero-order valence-corrected chi connectivity index (χ0v) is 10.0. The average molecular weight is 244 g/mol. The Kier molecular flexibility index (Phi) is 2.34. The molecule has 0 radical (unpaired) electrons. The summed E-state index contributed by atoms with van der Waals surface area (Å²) in [5.74, 6) is 0.811. The molecule has 0 unspecified atom stereocenters. The summed E-state index contributed by atoms with van der Waals surface area (Å²) in [6, 6.07) is 11.9. The van der Waals surface area contributed by atoms with Crippen molar-refractivity contribution in [2.45, 2.75) is 6.92 Å². The molecule has 0 spiro atoms. The molecule has 2 heterocycles. The molecular formula is C13H10ClN3. The Hall–Kier alpha value is -1.87. The predicted octanol–water partition coefficient (Wildman–Crippen LogP) is 3.36. The van der Waals surface area contributed by atoms with Gasteiger partial charge < -0.3 is 0 Å². The number of fused-ring (bicyclic) bond motifs is 1. The molecule has 84 valence electrons. The van der Waals surface area contributed by atoms with Gasteiger partial charge in [0.1, 0.15) is 0 Å². The molecule has 3 rings (SSSR count). The minimum Gasteiger partial charge on any atom is -0.281 e. The highest BCUT2D eigenvalue weighted by molar-refractivity contribution is 6.33. The van der Waals surface area contributed by atoms with Gasteiger partial charge in [0.15, 0.2) is 11.5 Å². The summed E-state index contributed by atoms with van der Waals surface area (Å²) in [5, 5.41) is 8.91. The second kappa shape index (κ2) is 3.86. The minimum atomic E-state index is 0.610. The number of pyridine rings is 1. The largest absolute Gasteiger partial charge is 0.281 e. The number of aryl methyl sites for hydroxylation is 1. The Morgan fingerprint density at radius 1 is 1.12 bits per heavy atom. The maximum atomic E-state index is 6.07. The molecule has 0 atom stereocenters. The Morgan fingerprint density at radius 3 is 2.82 bits per heavy atom. The Morgan fingerprint density at radius 2 is 2.00 bits per heavy atom. The molecule has 0 amide bonds. The number of rotatable bonds is 1. The lowest BCUT2D eigenvalue weighted by molar-refractivity contribution is 1.11. The third-order valence-corrected chi connectivity index (χ3v) is 2.96. The van der Waals surface area contributed by atoms with Crippen molar-refractivity contribution in [1.29, 1.82) is 0 Å². The van der Waals surface area contributed by atoms with E-state index in [-0.39, 0.29) is 0 Å². The molecule has 0 saturated carbocycles. The molecule has 0 bridgehead atoms. The van der Waals surface area contributed by atoms with Crippen LogP contribution >= 0.6 is 11.6 Å². The minimum absolute atomic E-state index is 0.610. The van der Waals surface area contributed by atoms with Gasteiger partial charge in [0.25, 0.3) is 0 Å². The summed E-state index contributed by atoms with van der Waals surface area (Å²) in [6.07, 6.45) is 1.92. The van der Waals surface area contributed by atoms with Crippen molar-refractivity contribution in [2.24, 2.45) is 0 Å². The number of aromatic nitrogens is 3. The summed E-state index contributed by atoms with van der Waals surface area (Å²) >= 11 is 6.07. The molecule has 0 aliphatic carbocycles. The summed E-state index contributed by atoms with van der Waals surface area (Å²) < 4.78 is 1.90. The topological polar surface area (TPSA) is 30.2 Å². The van der Waals surface area contributed by atoms with E-state index in [0.29, 0.717) is 10.7 Å². The first-order valence-corrected chi connectivity index (χ1v) is 5.70. The third-order valence-electron chi connectivity index (χ3n) is 2.66. The first-order chi connectivity index (χ1) is 8.25. The van der Waals surface area contributed by atoms with Gasteiger partial charge in [-0.3, -0.25) is 4.40 Å². The molecule has 2 aromatic heterocycles. The van der Waals surface area contributed by atoms with Gasteiger partial charge in [-0.2, -0.15) is 0 Å². The van der Waals surface area contributed by atoms with Gasteiger partial charge in [0.05, 0.1) is 5.02 Å². The number of benzene rings is 1. The molecular weight excluding hydrogens is 234 g/mol. The fourth-order valence-corrected chi connectivity index (χ4v) is 2.07.